The number of aliphatic hydroxyl groups excluding tert-OH is 1. The van der Waals surface area contributed by atoms with Gasteiger partial charge in [-0.1, -0.05) is 0 Å². The molecule has 0 radical (unpaired) electrons. The van der Waals surface area contributed by atoms with E-state index in [1.165, 1.54) is 0 Å². The number of methoxy groups -OCH3 is 1. The topological polar surface area (TPSA) is 63.5 Å². The number of hydrogen-bond donors (Lipinski definition) is 2. The third kappa shape index (κ3) is 3.67. The van der Waals surface area contributed by atoms with E-state index >= 15 is 0 Å². The number of rotatable bonds is 5. The zero-order chi connectivity index (χ0) is 16.2. The number of aromatic nitrogens is 1. The van der Waals surface area contributed by atoms with Gasteiger partial charge in [0, 0.05) is 29.7 Å². The Kier molecular flexibility index (Phi) is 4.86. The van der Waals surface area contributed by atoms with Gasteiger partial charge in [0.2, 0.25) is 5.91 Å². The van der Waals surface area contributed by atoms with E-state index in [2.05, 4.69) is 5.32 Å². The molecule has 1 aromatic heterocycles. The van der Waals surface area contributed by atoms with Crippen molar-refractivity contribution >= 4 is 16.8 Å². The molecule has 0 unspecified atom stereocenters. The first kappa shape index (κ1) is 15.9. The molecule has 0 bridgehead atoms. The zero-order valence-corrected chi connectivity index (χ0v) is 13.5. The van der Waals surface area contributed by atoms with Crippen molar-refractivity contribution in [3.63, 3.8) is 0 Å². The Morgan fingerprint density at radius 2 is 2.09 bits per heavy atom. The first-order valence-corrected chi connectivity index (χ1v) is 8.22. The van der Waals surface area contributed by atoms with Crippen molar-refractivity contribution in [2.24, 2.45) is 5.92 Å². The normalized spacial score (nSPS) is 21.3. The van der Waals surface area contributed by atoms with Gasteiger partial charge < -0.3 is 19.7 Å². The van der Waals surface area contributed by atoms with Gasteiger partial charge in [-0.2, -0.15) is 0 Å². The molecule has 0 atom stereocenters. The molecule has 2 aromatic rings. The fraction of sp³-hybridized carbons (Fsp3) is 0.500. The summed E-state index contributed by atoms with van der Waals surface area (Å²) in [5.74, 6) is 1.28. The lowest BCUT2D eigenvalue weighted by atomic mass is 9.86. The van der Waals surface area contributed by atoms with E-state index in [0.29, 0.717) is 12.5 Å². The molecule has 1 saturated carbocycles. The molecular formula is C18H24N2O3. The van der Waals surface area contributed by atoms with Crippen LogP contribution >= 0.6 is 0 Å². The first-order valence-electron chi connectivity index (χ1n) is 8.22. The van der Waals surface area contributed by atoms with Gasteiger partial charge in [-0.3, -0.25) is 4.79 Å². The number of amides is 1. The third-order valence-corrected chi connectivity index (χ3v) is 4.76. The molecule has 1 heterocycles. The molecule has 0 spiro atoms. The number of benzene rings is 1. The average Bonchev–Trinajstić information content (AvgIpc) is 2.97. The lowest BCUT2D eigenvalue weighted by Gasteiger charge is -2.28. The van der Waals surface area contributed by atoms with Crippen molar-refractivity contribution in [2.75, 3.05) is 13.7 Å². The number of nitrogens with one attached hydrogen (secondary N) is 1. The summed E-state index contributed by atoms with van der Waals surface area (Å²) >= 11 is 0. The molecule has 1 aromatic carbocycles. The van der Waals surface area contributed by atoms with Crippen molar-refractivity contribution in [3.8, 4) is 5.75 Å². The minimum atomic E-state index is 0.0470. The zero-order valence-electron chi connectivity index (χ0n) is 13.5. The number of fused-ring (bicyclic) bond motifs is 1. The lowest BCUT2D eigenvalue weighted by Crippen LogP contribution is -2.39. The van der Waals surface area contributed by atoms with E-state index < -0.39 is 0 Å². The predicted molar refractivity (Wildman–Crippen MR) is 89.5 cm³/mol. The summed E-state index contributed by atoms with van der Waals surface area (Å²) < 4.78 is 7.19. The van der Waals surface area contributed by atoms with Gasteiger partial charge in [0.1, 0.15) is 12.3 Å². The smallest absolute Gasteiger partial charge is 0.240 e. The Labute approximate surface area is 136 Å². The highest BCUT2D eigenvalue weighted by Gasteiger charge is 2.21. The van der Waals surface area contributed by atoms with Crippen LogP contribution in [-0.4, -0.2) is 35.3 Å². The van der Waals surface area contributed by atoms with E-state index in [9.17, 15) is 4.79 Å². The number of carbonyl (C=O) groups is 1. The standard InChI is InChI=1S/C18H24N2O3/c1-23-16-6-7-17-14(10-16)8-9-20(17)11-18(22)19-15-4-2-13(12-21)3-5-15/h6-10,13,15,21H,2-5,11-12H2,1H3,(H,19,22). The van der Waals surface area contributed by atoms with Crippen molar-refractivity contribution in [1.29, 1.82) is 0 Å². The number of nitrogens with zero attached hydrogens (tertiary/aromatic N) is 1. The Morgan fingerprint density at radius 1 is 1.30 bits per heavy atom. The van der Waals surface area contributed by atoms with Gasteiger partial charge in [0.05, 0.1) is 7.11 Å². The quantitative estimate of drug-likeness (QED) is 0.890. The summed E-state index contributed by atoms with van der Waals surface area (Å²) in [5.41, 5.74) is 1.03. The molecule has 5 nitrogen and oxygen atoms in total. The van der Waals surface area contributed by atoms with E-state index in [4.69, 9.17) is 9.84 Å². The van der Waals surface area contributed by atoms with Crippen LogP contribution in [0.2, 0.25) is 0 Å². The van der Waals surface area contributed by atoms with Gasteiger partial charge in [0.25, 0.3) is 0 Å². The van der Waals surface area contributed by atoms with Crippen LogP contribution < -0.4 is 10.1 Å². The van der Waals surface area contributed by atoms with Crippen LogP contribution in [0, 0.1) is 5.92 Å². The Morgan fingerprint density at radius 3 is 2.78 bits per heavy atom. The largest absolute Gasteiger partial charge is 0.497 e. The number of carbonyl (C=O) groups excluding carboxylic acids is 1. The maximum absolute atomic E-state index is 12.3. The van der Waals surface area contributed by atoms with Gasteiger partial charge >= 0.3 is 0 Å². The molecular weight excluding hydrogens is 292 g/mol. The fourth-order valence-corrected chi connectivity index (χ4v) is 3.36. The molecule has 3 rings (SSSR count). The van der Waals surface area contributed by atoms with Crippen molar-refractivity contribution in [1.82, 2.24) is 9.88 Å². The van der Waals surface area contributed by atoms with Gasteiger partial charge in [-0.05, 0) is 55.9 Å². The highest BCUT2D eigenvalue weighted by Crippen LogP contribution is 2.24. The van der Waals surface area contributed by atoms with Crippen molar-refractivity contribution in [3.05, 3.63) is 30.5 Å². The minimum Gasteiger partial charge on any atom is -0.497 e. The van der Waals surface area contributed by atoms with Crippen LogP contribution in [0.1, 0.15) is 25.7 Å². The predicted octanol–water partition coefficient (Wildman–Crippen LogP) is 2.32. The highest BCUT2D eigenvalue weighted by atomic mass is 16.5. The molecule has 1 aliphatic carbocycles. The summed E-state index contributed by atoms with van der Waals surface area (Å²) in [7, 11) is 1.65. The second-order valence-electron chi connectivity index (χ2n) is 6.34. The third-order valence-electron chi connectivity index (χ3n) is 4.76. The second kappa shape index (κ2) is 7.04. The van der Waals surface area contributed by atoms with E-state index in [-0.39, 0.29) is 18.6 Å². The van der Waals surface area contributed by atoms with Crippen LogP contribution in [0.5, 0.6) is 5.75 Å². The Hall–Kier alpha value is -2.01. The van der Waals surface area contributed by atoms with Gasteiger partial charge in [0.15, 0.2) is 0 Å². The van der Waals surface area contributed by atoms with Crippen LogP contribution in [0.3, 0.4) is 0 Å². The number of hydrogen-bond acceptors (Lipinski definition) is 3. The SMILES string of the molecule is COc1ccc2c(ccn2CC(=O)NC2CCC(CO)CC2)c1. The van der Waals surface area contributed by atoms with Gasteiger partial charge in [-0.15, -0.1) is 0 Å². The van der Waals surface area contributed by atoms with Crippen LogP contribution in [0.25, 0.3) is 10.9 Å². The van der Waals surface area contributed by atoms with Crippen LogP contribution in [0.15, 0.2) is 30.5 Å². The van der Waals surface area contributed by atoms with E-state index in [1.807, 2.05) is 35.0 Å². The van der Waals surface area contributed by atoms with E-state index in [0.717, 1.165) is 42.3 Å². The molecule has 1 fully saturated rings. The fourth-order valence-electron chi connectivity index (χ4n) is 3.36. The molecule has 1 amide bonds. The molecule has 2 N–H and O–H groups in total. The van der Waals surface area contributed by atoms with Crippen molar-refractivity contribution in [2.45, 2.75) is 38.3 Å². The van der Waals surface area contributed by atoms with E-state index in [1.54, 1.807) is 7.11 Å². The summed E-state index contributed by atoms with van der Waals surface area (Å²) in [6, 6.07) is 8.10. The Bertz CT molecular complexity index is 672. The summed E-state index contributed by atoms with van der Waals surface area (Å²) in [6.07, 6.45) is 5.84. The molecule has 23 heavy (non-hydrogen) atoms. The van der Waals surface area contributed by atoms with Crippen molar-refractivity contribution < 1.29 is 14.6 Å². The summed E-state index contributed by atoms with van der Waals surface area (Å²) in [5, 5.41) is 13.4. The maximum atomic E-state index is 12.3. The number of aliphatic hydroxyl groups is 1. The highest BCUT2D eigenvalue weighted by molar-refractivity contribution is 5.84. The lowest BCUT2D eigenvalue weighted by molar-refractivity contribution is -0.122. The minimum absolute atomic E-state index is 0.0470. The first-order chi connectivity index (χ1) is 11.2. The maximum Gasteiger partial charge on any atom is 0.240 e. The summed E-state index contributed by atoms with van der Waals surface area (Å²) in [6.45, 7) is 0.593. The van der Waals surface area contributed by atoms with Gasteiger partial charge in [-0.25, -0.2) is 0 Å². The monoisotopic (exact) mass is 316 g/mol. The summed E-state index contributed by atoms with van der Waals surface area (Å²) in [4.78, 5) is 12.3. The molecule has 5 heteroatoms. The van der Waals surface area contributed by atoms with Crippen LogP contribution in [-0.2, 0) is 11.3 Å². The Balaban J connectivity index is 1.60. The average molecular weight is 316 g/mol. The number of ether oxygens (including phenoxy) is 1. The molecule has 0 aliphatic heterocycles. The molecule has 0 saturated heterocycles. The molecule has 1 aliphatic rings. The molecule has 124 valence electrons. The second-order valence-corrected chi connectivity index (χ2v) is 6.34. The van der Waals surface area contributed by atoms with Crippen LogP contribution in [0.4, 0.5) is 0 Å².